The van der Waals surface area contributed by atoms with E-state index in [2.05, 4.69) is 46.9 Å². The summed E-state index contributed by atoms with van der Waals surface area (Å²) in [5.41, 5.74) is 2.35. The van der Waals surface area contributed by atoms with E-state index in [9.17, 15) is 0 Å². The third-order valence-electron chi connectivity index (χ3n) is 3.03. The zero-order valence-electron chi connectivity index (χ0n) is 11.7. The number of rotatable bonds is 6. The van der Waals surface area contributed by atoms with Crippen molar-refractivity contribution in [2.24, 2.45) is 0 Å². The Bertz CT molecular complexity index is 519. The summed E-state index contributed by atoms with van der Waals surface area (Å²) in [5, 5.41) is 11.2. The van der Waals surface area contributed by atoms with E-state index in [0.29, 0.717) is 5.11 Å². The summed E-state index contributed by atoms with van der Waals surface area (Å²) in [6, 6.07) is 10.3. The van der Waals surface area contributed by atoms with Crippen LogP contribution >= 0.6 is 12.2 Å². The summed E-state index contributed by atoms with van der Waals surface area (Å²) in [6.45, 7) is 3.88. The molecule has 0 atom stereocenters. The highest BCUT2D eigenvalue weighted by Gasteiger charge is 1.98. The number of nitrogens with zero attached hydrogens (tertiary/aromatic N) is 2. The minimum atomic E-state index is 0.662. The van der Waals surface area contributed by atoms with Crippen LogP contribution in [0.2, 0.25) is 0 Å². The number of aromatic nitrogens is 2. The summed E-state index contributed by atoms with van der Waals surface area (Å²) < 4.78 is 1.92. The van der Waals surface area contributed by atoms with Crippen LogP contribution in [-0.4, -0.2) is 21.4 Å². The van der Waals surface area contributed by atoms with Gasteiger partial charge in [-0.3, -0.25) is 4.68 Å². The molecule has 0 unspecified atom stereocenters. The largest absolute Gasteiger partial charge is 0.362 e. The highest BCUT2D eigenvalue weighted by atomic mass is 32.1. The first kappa shape index (κ1) is 14.5. The number of thiocarbonyl (C=S) groups is 1. The number of anilines is 1. The van der Waals surface area contributed by atoms with Gasteiger partial charge in [-0.2, -0.15) is 5.10 Å². The lowest BCUT2D eigenvalue weighted by Crippen LogP contribution is -2.29. The van der Waals surface area contributed by atoms with Gasteiger partial charge in [0.2, 0.25) is 0 Å². The van der Waals surface area contributed by atoms with Crippen molar-refractivity contribution in [2.75, 3.05) is 11.9 Å². The minimum Gasteiger partial charge on any atom is -0.362 e. The summed E-state index contributed by atoms with van der Waals surface area (Å²) in [5.74, 6) is 0. The molecule has 0 radical (unpaired) electrons. The first-order valence-corrected chi connectivity index (χ1v) is 7.30. The minimum absolute atomic E-state index is 0.662. The molecule has 2 N–H and O–H groups in total. The Kier molecular flexibility index (Phi) is 5.55. The van der Waals surface area contributed by atoms with Crippen LogP contribution in [0, 0.1) is 0 Å². The molecule has 106 valence electrons. The van der Waals surface area contributed by atoms with Crippen molar-refractivity contribution in [3.63, 3.8) is 0 Å². The second-order valence-corrected chi connectivity index (χ2v) is 4.96. The van der Waals surface area contributed by atoms with E-state index in [4.69, 9.17) is 12.2 Å². The third-order valence-corrected chi connectivity index (χ3v) is 3.28. The zero-order chi connectivity index (χ0) is 14.2. The highest BCUT2D eigenvalue weighted by molar-refractivity contribution is 7.80. The lowest BCUT2D eigenvalue weighted by Gasteiger charge is -2.11. The molecule has 2 rings (SSSR count). The van der Waals surface area contributed by atoms with E-state index < -0.39 is 0 Å². The summed E-state index contributed by atoms with van der Waals surface area (Å²) >= 11 is 5.27. The Balaban J connectivity index is 1.66. The van der Waals surface area contributed by atoms with E-state index in [1.807, 2.05) is 16.9 Å². The van der Waals surface area contributed by atoms with Crippen LogP contribution in [0.1, 0.15) is 18.9 Å². The molecule has 1 aromatic carbocycles. The van der Waals surface area contributed by atoms with Gasteiger partial charge in [0.05, 0.1) is 0 Å². The number of hydrogen-bond acceptors (Lipinski definition) is 2. The van der Waals surface area contributed by atoms with Gasteiger partial charge in [0, 0.05) is 31.2 Å². The van der Waals surface area contributed by atoms with Crippen LogP contribution in [0.15, 0.2) is 42.7 Å². The van der Waals surface area contributed by atoms with Gasteiger partial charge in [0.1, 0.15) is 0 Å². The molecule has 1 aromatic heterocycles. The molecule has 0 aliphatic rings. The van der Waals surface area contributed by atoms with Crippen molar-refractivity contribution in [2.45, 2.75) is 26.3 Å². The van der Waals surface area contributed by atoms with Gasteiger partial charge in [0.25, 0.3) is 0 Å². The predicted molar refractivity (Wildman–Crippen MR) is 86.9 cm³/mol. The average molecular weight is 288 g/mol. The SMILES string of the molecule is CCc1ccc(NC(=S)NCCCn2cccn2)cc1. The quantitative estimate of drug-likeness (QED) is 0.633. The van der Waals surface area contributed by atoms with Crippen LogP contribution in [0.4, 0.5) is 5.69 Å². The van der Waals surface area contributed by atoms with Crippen LogP contribution in [0.25, 0.3) is 0 Å². The number of hydrogen-bond donors (Lipinski definition) is 2. The van der Waals surface area contributed by atoms with E-state index in [-0.39, 0.29) is 0 Å². The molecule has 1 heterocycles. The summed E-state index contributed by atoms with van der Waals surface area (Å²) in [6.07, 6.45) is 5.79. The van der Waals surface area contributed by atoms with Crippen molar-refractivity contribution in [3.8, 4) is 0 Å². The monoisotopic (exact) mass is 288 g/mol. The molecule has 0 amide bonds. The van der Waals surface area contributed by atoms with Crippen LogP contribution in [0.5, 0.6) is 0 Å². The number of aryl methyl sites for hydroxylation is 2. The Morgan fingerprint density at radius 1 is 1.30 bits per heavy atom. The zero-order valence-corrected chi connectivity index (χ0v) is 12.5. The number of nitrogens with one attached hydrogen (secondary N) is 2. The van der Waals surface area contributed by atoms with Gasteiger partial charge in [-0.05, 0) is 48.8 Å². The van der Waals surface area contributed by atoms with Gasteiger partial charge in [0.15, 0.2) is 5.11 Å². The maximum Gasteiger partial charge on any atom is 0.170 e. The van der Waals surface area contributed by atoms with Gasteiger partial charge >= 0.3 is 0 Å². The van der Waals surface area contributed by atoms with Crippen LogP contribution < -0.4 is 10.6 Å². The fraction of sp³-hybridized carbons (Fsp3) is 0.333. The fourth-order valence-electron chi connectivity index (χ4n) is 1.87. The first-order valence-electron chi connectivity index (χ1n) is 6.89. The molecule has 0 aliphatic heterocycles. The molecule has 0 bridgehead atoms. The molecule has 5 heteroatoms. The Labute approximate surface area is 125 Å². The lowest BCUT2D eigenvalue weighted by atomic mass is 10.1. The van der Waals surface area contributed by atoms with E-state index in [1.54, 1.807) is 6.20 Å². The molecular weight excluding hydrogens is 268 g/mol. The highest BCUT2D eigenvalue weighted by Crippen LogP contribution is 2.09. The molecule has 0 spiro atoms. The van der Waals surface area contributed by atoms with Gasteiger partial charge in [-0.25, -0.2) is 0 Å². The molecule has 20 heavy (non-hydrogen) atoms. The molecule has 2 aromatic rings. The fourth-order valence-corrected chi connectivity index (χ4v) is 2.09. The molecule has 4 nitrogen and oxygen atoms in total. The van der Waals surface area contributed by atoms with Crippen LogP contribution in [-0.2, 0) is 13.0 Å². The summed E-state index contributed by atoms with van der Waals surface area (Å²) in [4.78, 5) is 0. The van der Waals surface area contributed by atoms with Crippen molar-refractivity contribution in [1.82, 2.24) is 15.1 Å². The number of benzene rings is 1. The summed E-state index contributed by atoms with van der Waals surface area (Å²) in [7, 11) is 0. The Morgan fingerprint density at radius 3 is 2.75 bits per heavy atom. The van der Waals surface area contributed by atoms with Crippen molar-refractivity contribution in [3.05, 3.63) is 48.3 Å². The second-order valence-electron chi connectivity index (χ2n) is 4.55. The lowest BCUT2D eigenvalue weighted by molar-refractivity contribution is 0.574. The normalized spacial score (nSPS) is 10.2. The standard InChI is InChI=1S/C15H20N4S/c1-2-13-5-7-14(8-6-13)18-15(20)16-9-3-11-19-12-4-10-17-19/h4-8,10,12H,2-3,9,11H2,1H3,(H2,16,18,20). The average Bonchev–Trinajstić information content (AvgIpc) is 2.98. The second kappa shape index (κ2) is 7.65. The van der Waals surface area contributed by atoms with Crippen LogP contribution in [0.3, 0.4) is 0 Å². The van der Waals surface area contributed by atoms with Crippen molar-refractivity contribution < 1.29 is 0 Å². The first-order chi connectivity index (χ1) is 9.78. The molecule has 0 fully saturated rings. The maximum absolute atomic E-state index is 5.27. The molecule has 0 aliphatic carbocycles. The van der Waals surface area contributed by atoms with E-state index in [0.717, 1.165) is 31.6 Å². The predicted octanol–water partition coefficient (Wildman–Crippen LogP) is 2.82. The van der Waals surface area contributed by atoms with Crippen molar-refractivity contribution in [1.29, 1.82) is 0 Å². The molecule has 0 saturated carbocycles. The molecule has 0 saturated heterocycles. The van der Waals surface area contributed by atoms with Gasteiger partial charge < -0.3 is 10.6 Å². The van der Waals surface area contributed by atoms with Gasteiger partial charge in [-0.15, -0.1) is 0 Å². The topological polar surface area (TPSA) is 41.9 Å². The van der Waals surface area contributed by atoms with E-state index in [1.165, 1.54) is 5.56 Å². The smallest absolute Gasteiger partial charge is 0.170 e. The Hall–Kier alpha value is -1.88. The maximum atomic E-state index is 5.27. The molecular formula is C15H20N4S. The van der Waals surface area contributed by atoms with Crippen molar-refractivity contribution >= 4 is 23.0 Å². The van der Waals surface area contributed by atoms with Gasteiger partial charge in [-0.1, -0.05) is 19.1 Å². The van der Waals surface area contributed by atoms with E-state index >= 15 is 0 Å². The Morgan fingerprint density at radius 2 is 2.10 bits per heavy atom. The third kappa shape index (κ3) is 4.66.